The first-order valence-electron chi connectivity index (χ1n) is 6.78. The zero-order valence-corrected chi connectivity index (χ0v) is 13.3. The lowest BCUT2D eigenvalue weighted by atomic mass is 10.0. The van der Waals surface area contributed by atoms with Gasteiger partial charge in [-0.2, -0.15) is 5.10 Å². The smallest absolute Gasteiger partial charge is 0.0738 e. The van der Waals surface area contributed by atoms with Crippen molar-refractivity contribution in [1.82, 2.24) is 9.78 Å². The van der Waals surface area contributed by atoms with Crippen molar-refractivity contribution in [2.24, 2.45) is 5.73 Å². The normalized spacial score (nSPS) is 12.3. The number of hydrogen-bond acceptors (Lipinski definition) is 2. The SMILES string of the molecule is Cc1ccc(Br)c(C(N)c2ccnn2-c2ccccc2)c1. The van der Waals surface area contributed by atoms with Gasteiger partial charge in [-0.3, -0.25) is 0 Å². The van der Waals surface area contributed by atoms with E-state index in [9.17, 15) is 0 Å². The number of halogens is 1. The van der Waals surface area contributed by atoms with E-state index in [1.54, 1.807) is 6.20 Å². The molecular formula is C17H16BrN3. The van der Waals surface area contributed by atoms with Gasteiger partial charge in [-0.05, 0) is 36.8 Å². The highest BCUT2D eigenvalue weighted by Gasteiger charge is 2.17. The molecule has 1 unspecified atom stereocenters. The number of para-hydroxylation sites is 1. The Hall–Kier alpha value is -1.91. The molecule has 0 radical (unpaired) electrons. The minimum absolute atomic E-state index is 0.234. The lowest BCUT2D eigenvalue weighted by molar-refractivity contribution is 0.737. The maximum absolute atomic E-state index is 6.48. The quantitative estimate of drug-likeness (QED) is 0.782. The molecule has 3 aromatic rings. The molecule has 0 saturated carbocycles. The van der Waals surface area contributed by atoms with Crippen LogP contribution >= 0.6 is 15.9 Å². The van der Waals surface area contributed by atoms with Crippen LogP contribution in [0.1, 0.15) is 22.9 Å². The van der Waals surface area contributed by atoms with Crippen molar-refractivity contribution in [2.75, 3.05) is 0 Å². The minimum Gasteiger partial charge on any atom is -0.319 e. The summed E-state index contributed by atoms with van der Waals surface area (Å²) >= 11 is 3.59. The van der Waals surface area contributed by atoms with Crippen LogP contribution in [0, 0.1) is 6.92 Å². The van der Waals surface area contributed by atoms with Gasteiger partial charge in [0.1, 0.15) is 0 Å². The van der Waals surface area contributed by atoms with Gasteiger partial charge in [-0.1, -0.05) is 51.8 Å². The molecule has 3 nitrogen and oxygen atoms in total. The zero-order valence-electron chi connectivity index (χ0n) is 11.7. The lowest BCUT2D eigenvalue weighted by Crippen LogP contribution is -2.17. The Morgan fingerprint density at radius 3 is 2.62 bits per heavy atom. The second-order valence-corrected chi connectivity index (χ2v) is 5.86. The largest absolute Gasteiger partial charge is 0.319 e. The van der Waals surface area contributed by atoms with E-state index in [1.165, 1.54) is 5.56 Å². The van der Waals surface area contributed by atoms with E-state index in [0.29, 0.717) is 0 Å². The van der Waals surface area contributed by atoms with E-state index in [1.807, 2.05) is 47.1 Å². The molecule has 0 aliphatic rings. The molecule has 3 rings (SSSR count). The topological polar surface area (TPSA) is 43.8 Å². The summed E-state index contributed by atoms with van der Waals surface area (Å²) in [5.41, 5.74) is 10.7. The van der Waals surface area contributed by atoms with Crippen molar-refractivity contribution < 1.29 is 0 Å². The molecule has 106 valence electrons. The molecule has 0 spiro atoms. The van der Waals surface area contributed by atoms with Gasteiger partial charge in [-0.15, -0.1) is 0 Å². The van der Waals surface area contributed by atoms with Crippen LogP contribution in [0.15, 0.2) is 65.3 Å². The number of benzene rings is 2. The van der Waals surface area contributed by atoms with Gasteiger partial charge in [0.25, 0.3) is 0 Å². The Morgan fingerprint density at radius 1 is 1.10 bits per heavy atom. The molecule has 21 heavy (non-hydrogen) atoms. The van der Waals surface area contributed by atoms with E-state index in [-0.39, 0.29) is 6.04 Å². The van der Waals surface area contributed by atoms with Gasteiger partial charge in [0.05, 0.1) is 17.4 Å². The predicted molar refractivity (Wildman–Crippen MR) is 88.5 cm³/mol. The molecule has 4 heteroatoms. The van der Waals surface area contributed by atoms with Crippen LogP contribution in [0.2, 0.25) is 0 Å². The first-order chi connectivity index (χ1) is 10.2. The van der Waals surface area contributed by atoms with E-state index in [2.05, 4.69) is 40.1 Å². The Balaban J connectivity index is 2.06. The number of aromatic nitrogens is 2. The van der Waals surface area contributed by atoms with E-state index >= 15 is 0 Å². The Bertz CT molecular complexity index is 750. The summed E-state index contributed by atoms with van der Waals surface area (Å²) in [6.07, 6.45) is 1.78. The van der Waals surface area contributed by atoms with E-state index in [4.69, 9.17) is 5.73 Å². The Morgan fingerprint density at radius 2 is 1.86 bits per heavy atom. The Kier molecular flexibility index (Phi) is 3.90. The molecule has 0 amide bonds. The highest BCUT2D eigenvalue weighted by molar-refractivity contribution is 9.10. The predicted octanol–water partition coefficient (Wildman–Crippen LogP) is 3.99. The van der Waals surface area contributed by atoms with Gasteiger partial charge in [0, 0.05) is 10.7 Å². The third-order valence-electron chi connectivity index (χ3n) is 3.48. The third kappa shape index (κ3) is 2.77. The second kappa shape index (κ2) is 5.84. The summed E-state index contributed by atoms with van der Waals surface area (Å²) in [6.45, 7) is 2.07. The van der Waals surface area contributed by atoms with Crippen LogP contribution in [0.5, 0.6) is 0 Å². The molecule has 1 aromatic heterocycles. The van der Waals surface area contributed by atoms with Crippen LogP contribution in [-0.4, -0.2) is 9.78 Å². The molecule has 0 fully saturated rings. The molecule has 1 atom stereocenters. The van der Waals surface area contributed by atoms with Crippen molar-refractivity contribution >= 4 is 15.9 Å². The number of hydrogen-bond donors (Lipinski definition) is 1. The van der Waals surface area contributed by atoms with Crippen molar-refractivity contribution in [3.8, 4) is 5.69 Å². The van der Waals surface area contributed by atoms with Gasteiger partial charge in [-0.25, -0.2) is 4.68 Å². The van der Waals surface area contributed by atoms with Crippen LogP contribution < -0.4 is 5.73 Å². The highest BCUT2D eigenvalue weighted by Crippen LogP contribution is 2.28. The molecule has 1 heterocycles. The second-order valence-electron chi connectivity index (χ2n) is 5.01. The standard InChI is InChI=1S/C17H16BrN3/c1-12-7-8-15(18)14(11-12)17(19)16-9-10-20-21(16)13-5-3-2-4-6-13/h2-11,17H,19H2,1H3. The van der Waals surface area contributed by atoms with Gasteiger partial charge in [0.2, 0.25) is 0 Å². The summed E-state index contributed by atoms with van der Waals surface area (Å²) in [4.78, 5) is 0. The van der Waals surface area contributed by atoms with Crippen LogP contribution in [0.3, 0.4) is 0 Å². The van der Waals surface area contributed by atoms with Crippen molar-refractivity contribution in [3.63, 3.8) is 0 Å². The summed E-state index contributed by atoms with van der Waals surface area (Å²) in [5.74, 6) is 0. The first-order valence-corrected chi connectivity index (χ1v) is 7.57. The fourth-order valence-electron chi connectivity index (χ4n) is 2.39. The van der Waals surface area contributed by atoms with Crippen molar-refractivity contribution in [3.05, 3.63) is 82.1 Å². The summed E-state index contributed by atoms with van der Waals surface area (Å²) < 4.78 is 2.90. The molecule has 0 aliphatic carbocycles. The zero-order chi connectivity index (χ0) is 14.8. The van der Waals surface area contributed by atoms with Crippen LogP contribution in [-0.2, 0) is 0 Å². The highest BCUT2D eigenvalue weighted by atomic mass is 79.9. The summed E-state index contributed by atoms with van der Waals surface area (Å²) in [5, 5.41) is 4.41. The van der Waals surface area contributed by atoms with E-state index in [0.717, 1.165) is 21.4 Å². The van der Waals surface area contributed by atoms with Crippen LogP contribution in [0.4, 0.5) is 0 Å². The summed E-state index contributed by atoms with van der Waals surface area (Å²) in [7, 11) is 0. The fourth-order valence-corrected chi connectivity index (χ4v) is 2.89. The van der Waals surface area contributed by atoms with Crippen molar-refractivity contribution in [1.29, 1.82) is 0 Å². The van der Waals surface area contributed by atoms with Crippen LogP contribution in [0.25, 0.3) is 5.69 Å². The molecular weight excluding hydrogens is 326 g/mol. The molecule has 0 bridgehead atoms. The van der Waals surface area contributed by atoms with Gasteiger partial charge >= 0.3 is 0 Å². The minimum atomic E-state index is -0.234. The average Bonchev–Trinajstić information content (AvgIpc) is 2.99. The maximum Gasteiger partial charge on any atom is 0.0738 e. The monoisotopic (exact) mass is 341 g/mol. The average molecular weight is 342 g/mol. The Labute approximate surface area is 132 Å². The van der Waals surface area contributed by atoms with Gasteiger partial charge in [0.15, 0.2) is 0 Å². The van der Waals surface area contributed by atoms with Gasteiger partial charge < -0.3 is 5.73 Å². The third-order valence-corrected chi connectivity index (χ3v) is 4.20. The fraction of sp³-hybridized carbons (Fsp3) is 0.118. The van der Waals surface area contributed by atoms with E-state index < -0.39 is 0 Å². The molecule has 2 N–H and O–H groups in total. The van der Waals surface area contributed by atoms with Crippen molar-refractivity contribution in [2.45, 2.75) is 13.0 Å². The number of nitrogens with zero attached hydrogens (tertiary/aromatic N) is 2. The molecule has 0 aliphatic heterocycles. The first kappa shape index (κ1) is 14.0. The number of nitrogens with two attached hydrogens (primary N) is 1. The lowest BCUT2D eigenvalue weighted by Gasteiger charge is -2.17. The summed E-state index contributed by atoms with van der Waals surface area (Å²) in [6, 6.07) is 18.0. The molecule has 0 saturated heterocycles. The molecule has 2 aromatic carbocycles. The maximum atomic E-state index is 6.48. The number of rotatable bonds is 3. The number of aryl methyl sites for hydroxylation is 1.